The molecule has 1 aliphatic heterocycles. The fraction of sp³-hybridized carbons (Fsp3) is 0.571. The number of rotatable bonds is 2. The van der Waals surface area contributed by atoms with E-state index in [4.69, 9.17) is 0 Å². The lowest BCUT2D eigenvalue weighted by atomic mass is 9.77. The summed E-state index contributed by atoms with van der Waals surface area (Å²) in [6, 6.07) is 7.01. The summed E-state index contributed by atoms with van der Waals surface area (Å²) in [6.07, 6.45) is 1.09. The van der Waals surface area contributed by atoms with Crippen LogP contribution in [0.3, 0.4) is 0 Å². The fourth-order valence-corrected chi connectivity index (χ4v) is 2.69. The average molecular weight is 391 g/mol. The molecule has 1 fully saturated rings. The summed E-state index contributed by atoms with van der Waals surface area (Å²) >= 11 is 0. The van der Waals surface area contributed by atoms with Gasteiger partial charge in [-0.25, -0.2) is 4.59 Å². The van der Waals surface area contributed by atoms with Gasteiger partial charge < -0.3 is 24.0 Å². The molecule has 0 bridgehead atoms. The first-order valence-corrected chi connectivity index (χ1v) is 6.54. The summed E-state index contributed by atoms with van der Waals surface area (Å²) in [7, 11) is 6.54. The zero-order chi connectivity index (χ0) is 14.3. The lowest BCUT2D eigenvalue weighted by Crippen LogP contribution is -3.00. The van der Waals surface area contributed by atoms with E-state index >= 15 is 0 Å². The SMILES string of the molecule is CN1CC(C)(c2ccc([N+](=O)[O-])cc2)CC[N+]1(C)C.[I-]. The Morgan fingerprint density at radius 1 is 1.30 bits per heavy atom. The van der Waals surface area contributed by atoms with Gasteiger partial charge in [0.25, 0.3) is 5.69 Å². The number of nitrogens with zero attached hydrogens (tertiary/aromatic N) is 3. The normalized spacial score (nSPS) is 25.8. The van der Waals surface area contributed by atoms with Crippen LogP contribution >= 0.6 is 0 Å². The molecular formula is C14H22IN3O2. The standard InChI is InChI=1S/C14H22N3O2.HI/c1-14(9-10-17(3,4)15(2)11-14)12-5-7-13(8-6-12)16(18)19;/h5-8H,9-11H2,1-4H3;1H/q+1;/p-1. The minimum atomic E-state index is -0.348. The van der Waals surface area contributed by atoms with Crippen LogP contribution in [0.15, 0.2) is 24.3 Å². The number of non-ortho nitro benzene ring substituents is 1. The highest BCUT2D eigenvalue weighted by Crippen LogP contribution is 2.34. The summed E-state index contributed by atoms with van der Waals surface area (Å²) in [6.45, 7) is 4.27. The van der Waals surface area contributed by atoms with Gasteiger partial charge in [0.2, 0.25) is 0 Å². The van der Waals surface area contributed by atoms with Crippen molar-refractivity contribution in [2.24, 2.45) is 0 Å². The molecular weight excluding hydrogens is 369 g/mol. The first kappa shape index (κ1) is 17.3. The highest BCUT2D eigenvalue weighted by atomic mass is 127. The van der Waals surface area contributed by atoms with Crippen LogP contribution in [0.2, 0.25) is 0 Å². The molecule has 1 atom stereocenters. The van der Waals surface area contributed by atoms with E-state index in [0.29, 0.717) is 0 Å². The van der Waals surface area contributed by atoms with E-state index in [0.717, 1.165) is 24.1 Å². The molecule has 5 nitrogen and oxygen atoms in total. The number of nitro groups is 1. The Balaban J connectivity index is 0.00000200. The van der Waals surface area contributed by atoms with Crippen molar-refractivity contribution in [2.75, 3.05) is 34.2 Å². The van der Waals surface area contributed by atoms with E-state index in [2.05, 4.69) is 33.1 Å². The summed E-state index contributed by atoms with van der Waals surface area (Å²) in [5, 5.41) is 13.0. The van der Waals surface area contributed by atoms with Crippen molar-refractivity contribution in [3.8, 4) is 0 Å². The molecule has 1 unspecified atom stereocenters. The molecule has 1 saturated heterocycles. The molecule has 1 aliphatic rings. The average Bonchev–Trinajstić information content (AvgIpc) is 2.35. The quantitative estimate of drug-likeness (QED) is 0.287. The molecule has 1 aromatic carbocycles. The second-order valence-corrected chi connectivity index (χ2v) is 6.28. The van der Waals surface area contributed by atoms with Crippen molar-refractivity contribution < 1.29 is 33.5 Å². The Morgan fingerprint density at radius 3 is 2.30 bits per heavy atom. The van der Waals surface area contributed by atoms with Crippen LogP contribution < -0.4 is 24.0 Å². The largest absolute Gasteiger partial charge is 1.00 e. The Bertz CT molecular complexity index is 490. The molecule has 0 N–H and O–H groups in total. The lowest BCUT2D eigenvalue weighted by Gasteiger charge is -2.48. The molecule has 20 heavy (non-hydrogen) atoms. The number of likely N-dealkylation sites (N-methyl/N-ethyl adjacent to an activating group) is 1. The fourth-order valence-electron chi connectivity index (χ4n) is 2.69. The zero-order valence-electron chi connectivity index (χ0n) is 12.5. The highest BCUT2D eigenvalue weighted by Gasteiger charge is 2.40. The lowest BCUT2D eigenvalue weighted by molar-refractivity contribution is -1.01. The first-order valence-electron chi connectivity index (χ1n) is 6.54. The Hall–Kier alpha value is -0.730. The van der Waals surface area contributed by atoms with Crippen LogP contribution in [-0.2, 0) is 5.41 Å². The first-order chi connectivity index (χ1) is 8.74. The van der Waals surface area contributed by atoms with Crippen LogP contribution in [0.25, 0.3) is 0 Å². The van der Waals surface area contributed by atoms with Gasteiger partial charge in [-0.15, -0.1) is 0 Å². The van der Waals surface area contributed by atoms with E-state index < -0.39 is 0 Å². The second-order valence-electron chi connectivity index (χ2n) is 6.28. The van der Waals surface area contributed by atoms with E-state index in [9.17, 15) is 10.1 Å². The molecule has 2 rings (SSSR count). The van der Waals surface area contributed by atoms with Gasteiger partial charge in [0.05, 0.1) is 32.1 Å². The van der Waals surface area contributed by atoms with E-state index in [-0.39, 0.29) is 40.0 Å². The van der Waals surface area contributed by atoms with Gasteiger partial charge in [-0.1, -0.05) is 19.1 Å². The van der Waals surface area contributed by atoms with Crippen LogP contribution in [0.5, 0.6) is 0 Å². The second kappa shape index (κ2) is 5.95. The maximum absolute atomic E-state index is 10.7. The minimum absolute atomic E-state index is 0. The summed E-state index contributed by atoms with van der Waals surface area (Å²) < 4.78 is 0.891. The molecule has 1 aromatic rings. The third kappa shape index (κ3) is 3.29. The highest BCUT2D eigenvalue weighted by molar-refractivity contribution is 5.36. The minimum Gasteiger partial charge on any atom is -1.00 e. The molecule has 0 radical (unpaired) electrons. The third-order valence-electron chi connectivity index (χ3n) is 4.49. The maximum atomic E-state index is 10.7. The summed E-state index contributed by atoms with van der Waals surface area (Å²) in [4.78, 5) is 10.4. The topological polar surface area (TPSA) is 46.4 Å². The summed E-state index contributed by atoms with van der Waals surface area (Å²) in [5.74, 6) is 0. The molecule has 0 amide bonds. The van der Waals surface area contributed by atoms with Gasteiger partial charge in [0.1, 0.15) is 0 Å². The predicted octanol–water partition coefficient (Wildman–Crippen LogP) is -0.817. The van der Waals surface area contributed by atoms with Crippen molar-refractivity contribution in [3.63, 3.8) is 0 Å². The number of halogens is 1. The van der Waals surface area contributed by atoms with Crippen LogP contribution in [-0.4, -0.2) is 48.8 Å². The van der Waals surface area contributed by atoms with Gasteiger partial charge in [-0.3, -0.25) is 10.1 Å². The van der Waals surface area contributed by atoms with Crippen molar-refractivity contribution in [2.45, 2.75) is 18.8 Å². The molecule has 0 aromatic heterocycles. The Labute approximate surface area is 137 Å². The molecule has 1 heterocycles. The van der Waals surface area contributed by atoms with Gasteiger partial charge >= 0.3 is 0 Å². The zero-order valence-corrected chi connectivity index (χ0v) is 14.6. The van der Waals surface area contributed by atoms with Gasteiger partial charge in [0, 0.05) is 31.0 Å². The van der Waals surface area contributed by atoms with E-state index in [1.165, 1.54) is 5.56 Å². The Morgan fingerprint density at radius 2 is 1.85 bits per heavy atom. The van der Waals surface area contributed by atoms with Gasteiger partial charge in [-0.05, 0) is 5.56 Å². The number of hydrogen-bond donors (Lipinski definition) is 0. The van der Waals surface area contributed by atoms with E-state index in [1.807, 2.05) is 12.1 Å². The van der Waals surface area contributed by atoms with Crippen LogP contribution in [0.4, 0.5) is 5.69 Å². The van der Waals surface area contributed by atoms with Crippen LogP contribution in [0.1, 0.15) is 18.9 Å². The summed E-state index contributed by atoms with van der Waals surface area (Å²) in [5.41, 5.74) is 1.41. The van der Waals surface area contributed by atoms with Crippen molar-refractivity contribution >= 4 is 5.69 Å². The van der Waals surface area contributed by atoms with Gasteiger partial charge in [0.15, 0.2) is 0 Å². The van der Waals surface area contributed by atoms with Crippen molar-refractivity contribution in [3.05, 3.63) is 39.9 Å². The number of quaternary nitrogens is 1. The number of benzene rings is 1. The van der Waals surface area contributed by atoms with E-state index in [1.54, 1.807) is 12.1 Å². The molecule has 6 heteroatoms. The molecule has 112 valence electrons. The number of hydrogen-bond acceptors (Lipinski definition) is 3. The van der Waals surface area contributed by atoms with Crippen molar-refractivity contribution in [1.29, 1.82) is 0 Å². The predicted molar refractivity (Wildman–Crippen MR) is 74.7 cm³/mol. The third-order valence-corrected chi connectivity index (χ3v) is 4.49. The molecule has 0 saturated carbocycles. The smallest absolute Gasteiger partial charge is 0.269 e. The molecule has 0 spiro atoms. The van der Waals surface area contributed by atoms with Crippen LogP contribution in [0, 0.1) is 10.1 Å². The van der Waals surface area contributed by atoms with Crippen molar-refractivity contribution in [1.82, 2.24) is 5.01 Å². The maximum Gasteiger partial charge on any atom is 0.269 e. The number of nitro benzene ring substituents is 1. The van der Waals surface area contributed by atoms with Gasteiger partial charge in [-0.2, -0.15) is 5.01 Å². The molecule has 0 aliphatic carbocycles. The monoisotopic (exact) mass is 391 g/mol. The Kier molecular flexibility index (Phi) is 5.15.